The molecule has 4 heteroatoms. The first-order valence-electron chi connectivity index (χ1n) is 7.83. The third-order valence-electron chi connectivity index (χ3n) is 5.70. The van der Waals surface area contributed by atoms with E-state index in [1.165, 1.54) is 57.7 Å². The number of fused-ring (bicyclic) bond motifs is 2. The quantitative estimate of drug-likeness (QED) is 0.692. The van der Waals surface area contributed by atoms with Crippen LogP contribution in [0.5, 0.6) is 0 Å². The molecule has 0 spiro atoms. The topological polar surface area (TPSA) is 18.7 Å². The maximum atomic E-state index is 5.45. The van der Waals surface area contributed by atoms with Gasteiger partial charge in [0.1, 0.15) is 6.04 Å². The van der Waals surface area contributed by atoms with E-state index in [9.17, 15) is 0 Å². The van der Waals surface area contributed by atoms with Crippen LogP contribution in [0.25, 0.3) is 0 Å². The van der Waals surface area contributed by atoms with Gasteiger partial charge in [-0.05, 0) is 32.1 Å². The van der Waals surface area contributed by atoms with Crippen molar-refractivity contribution in [2.75, 3.05) is 40.4 Å². The number of guanidine groups is 1. The fraction of sp³-hybridized carbons (Fsp3) is 0.933. The molecular formula is C15H26N3O+. The molecule has 0 aromatic carbocycles. The monoisotopic (exact) mass is 264 g/mol. The first-order valence-corrected chi connectivity index (χ1v) is 7.83. The number of methoxy groups -OCH3 is 1. The average molecular weight is 264 g/mol. The van der Waals surface area contributed by atoms with Crippen LogP contribution in [-0.4, -0.2) is 72.8 Å². The van der Waals surface area contributed by atoms with Gasteiger partial charge in [-0.15, -0.1) is 0 Å². The number of nitrogens with zero attached hydrogens (tertiary/aromatic N) is 3. The summed E-state index contributed by atoms with van der Waals surface area (Å²) >= 11 is 0. The standard InChI is InChI=1S/C15H26N3O/c1-16-9-12-5-3-4-6-17(12)14(16)18-10-15(11-19-2)7-13(18)8-15/h12-13H,3-11H2,1-2H3/q+1/t12-,13?,15?/m1/s1. The van der Waals surface area contributed by atoms with Gasteiger partial charge in [0, 0.05) is 12.5 Å². The fourth-order valence-electron chi connectivity index (χ4n) is 4.94. The minimum absolute atomic E-state index is 0.473. The second kappa shape index (κ2) is 4.11. The van der Waals surface area contributed by atoms with Gasteiger partial charge in [-0.25, -0.2) is 0 Å². The molecule has 19 heavy (non-hydrogen) atoms. The Labute approximate surface area is 116 Å². The molecule has 0 unspecified atom stereocenters. The summed E-state index contributed by atoms with van der Waals surface area (Å²) in [6.45, 7) is 4.66. The normalized spacial score (nSPS) is 40.7. The summed E-state index contributed by atoms with van der Waals surface area (Å²) < 4.78 is 8.15. The molecule has 0 N–H and O–H groups in total. The van der Waals surface area contributed by atoms with E-state index < -0.39 is 0 Å². The van der Waals surface area contributed by atoms with Crippen LogP contribution >= 0.6 is 0 Å². The van der Waals surface area contributed by atoms with Crippen molar-refractivity contribution in [1.82, 2.24) is 9.80 Å². The van der Waals surface area contributed by atoms with E-state index in [2.05, 4.69) is 21.4 Å². The van der Waals surface area contributed by atoms with Gasteiger partial charge in [-0.3, -0.25) is 14.4 Å². The Balaban J connectivity index is 1.59. The van der Waals surface area contributed by atoms with Gasteiger partial charge < -0.3 is 4.74 Å². The second-order valence-corrected chi connectivity index (χ2v) is 7.15. The Kier molecular flexibility index (Phi) is 2.60. The molecule has 2 bridgehead atoms. The zero-order chi connectivity index (χ0) is 13.0. The van der Waals surface area contributed by atoms with Crippen LogP contribution in [0.2, 0.25) is 0 Å². The molecule has 5 aliphatic rings. The maximum Gasteiger partial charge on any atom is 0.350 e. The van der Waals surface area contributed by atoms with Gasteiger partial charge >= 0.3 is 5.96 Å². The number of ether oxygens (including phenoxy) is 1. The molecular weight excluding hydrogens is 238 g/mol. The van der Waals surface area contributed by atoms with Gasteiger partial charge in [0.05, 0.1) is 39.3 Å². The highest BCUT2D eigenvalue weighted by Gasteiger charge is 2.61. The van der Waals surface area contributed by atoms with Crippen LogP contribution in [0.15, 0.2) is 0 Å². The first-order chi connectivity index (χ1) is 9.22. The zero-order valence-electron chi connectivity index (χ0n) is 12.3. The average Bonchev–Trinajstić information content (AvgIpc) is 2.96. The number of piperidine rings is 1. The molecule has 5 rings (SSSR count). The smallest absolute Gasteiger partial charge is 0.350 e. The van der Waals surface area contributed by atoms with E-state index in [-0.39, 0.29) is 0 Å². The number of hydrogen-bond acceptors (Lipinski definition) is 3. The molecule has 1 atom stereocenters. The lowest BCUT2D eigenvalue weighted by Gasteiger charge is -2.34. The van der Waals surface area contributed by atoms with E-state index in [4.69, 9.17) is 4.74 Å². The van der Waals surface area contributed by atoms with Gasteiger partial charge in [0.2, 0.25) is 0 Å². The molecule has 1 aliphatic carbocycles. The highest BCUT2D eigenvalue weighted by atomic mass is 16.5. The van der Waals surface area contributed by atoms with Gasteiger partial charge in [0.25, 0.3) is 0 Å². The Morgan fingerprint density at radius 1 is 1.37 bits per heavy atom. The van der Waals surface area contributed by atoms with Crippen molar-refractivity contribution >= 4 is 5.96 Å². The molecule has 1 saturated carbocycles. The predicted molar refractivity (Wildman–Crippen MR) is 74.4 cm³/mol. The Bertz CT molecular complexity index is 414. The van der Waals surface area contributed by atoms with Gasteiger partial charge in [0.15, 0.2) is 0 Å². The lowest BCUT2D eigenvalue weighted by atomic mass is 9.71. The minimum Gasteiger partial charge on any atom is -0.384 e. The molecule has 3 saturated heterocycles. The van der Waals surface area contributed by atoms with Crippen molar-refractivity contribution in [2.24, 2.45) is 5.41 Å². The first kappa shape index (κ1) is 12.0. The highest BCUT2D eigenvalue weighted by molar-refractivity contribution is 5.77. The summed E-state index contributed by atoms with van der Waals surface area (Å²) in [6, 6.07) is 1.57. The van der Waals surface area contributed by atoms with Crippen molar-refractivity contribution in [2.45, 2.75) is 44.2 Å². The second-order valence-electron chi connectivity index (χ2n) is 7.15. The molecule has 0 aromatic heterocycles. The summed E-state index contributed by atoms with van der Waals surface area (Å²) in [5.41, 5.74) is 0.473. The predicted octanol–water partition coefficient (Wildman–Crippen LogP) is 0.964. The molecule has 0 aromatic rings. The Morgan fingerprint density at radius 2 is 2.21 bits per heavy atom. The zero-order valence-corrected chi connectivity index (χ0v) is 12.3. The maximum absolute atomic E-state index is 5.45. The third kappa shape index (κ3) is 1.65. The third-order valence-corrected chi connectivity index (χ3v) is 5.70. The number of likely N-dealkylation sites (N-methyl/N-ethyl adjacent to an activating group) is 1. The molecule has 0 amide bonds. The van der Waals surface area contributed by atoms with E-state index in [0.29, 0.717) is 5.41 Å². The highest BCUT2D eigenvalue weighted by Crippen LogP contribution is 2.52. The molecule has 4 heterocycles. The summed E-state index contributed by atoms with van der Waals surface area (Å²) in [5.74, 6) is 1.53. The lowest BCUT2D eigenvalue weighted by molar-refractivity contribution is -0.569. The van der Waals surface area contributed by atoms with Crippen LogP contribution in [0, 0.1) is 5.41 Å². The van der Waals surface area contributed by atoms with E-state index in [1.807, 2.05) is 7.11 Å². The molecule has 4 fully saturated rings. The van der Waals surface area contributed by atoms with Crippen LogP contribution < -0.4 is 0 Å². The molecule has 4 nitrogen and oxygen atoms in total. The molecule has 0 radical (unpaired) electrons. The summed E-state index contributed by atoms with van der Waals surface area (Å²) in [4.78, 5) is 5.21. The van der Waals surface area contributed by atoms with Gasteiger partial charge in [-0.2, -0.15) is 0 Å². The largest absolute Gasteiger partial charge is 0.384 e. The Hall–Kier alpha value is -0.770. The van der Waals surface area contributed by atoms with Crippen molar-refractivity contribution in [3.05, 3.63) is 0 Å². The Morgan fingerprint density at radius 3 is 3.00 bits per heavy atom. The van der Waals surface area contributed by atoms with Crippen LogP contribution in [0.4, 0.5) is 0 Å². The number of hydrogen-bond donors (Lipinski definition) is 0. The van der Waals surface area contributed by atoms with Crippen LogP contribution in [0.1, 0.15) is 32.1 Å². The molecule has 4 aliphatic heterocycles. The van der Waals surface area contributed by atoms with Gasteiger partial charge in [-0.1, -0.05) is 0 Å². The summed E-state index contributed by atoms with van der Waals surface area (Å²) in [7, 11) is 4.13. The molecule has 106 valence electrons. The van der Waals surface area contributed by atoms with Crippen molar-refractivity contribution in [1.29, 1.82) is 0 Å². The fourth-order valence-corrected chi connectivity index (χ4v) is 4.94. The van der Waals surface area contributed by atoms with Crippen LogP contribution in [-0.2, 0) is 4.74 Å². The lowest BCUT2D eigenvalue weighted by Crippen LogP contribution is -2.45. The van der Waals surface area contributed by atoms with Crippen molar-refractivity contribution < 1.29 is 9.31 Å². The number of rotatable bonds is 2. The SMILES string of the molecule is COCC12CC(C1)N(C1=[N+]3CCCC[C@@H]3CN1C)C2. The van der Waals surface area contributed by atoms with Crippen molar-refractivity contribution in [3.8, 4) is 0 Å². The van der Waals surface area contributed by atoms with Crippen molar-refractivity contribution in [3.63, 3.8) is 0 Å². The summed E-state index contributed by atoms with van der Waals surface area (Å²) in [6.07, 6.45) is 6.86. The van der Waals surface area contributed by atoms with E-state index >= 15 is 0 Å². The minimum atomic E-state index is 0.473. The van der Waals surface area contributed by atoms with E-state index in [1.54, 1.807) is 0 Å². The van der Waals surface area contributed by atoms with E-state index in [0.717, 1.165) is 18.7 Å². The van der Waals surface area contributed by atoms with Crippen LogP contribution in [0.3, 0.4) is 0 Å². The summed E-state index contributed by atoms with van der Waals surface area (Å²) in [5, 5.41) is 0.